The average Bonchev–Trinajstić information content (AvgIpc) is 2.14. The summed E-state index contributed by atoms with van der Waals surface area (Å²) < 4.78 is 0. The van der Waals surface area contributed by atoms with Crippen LogP contribution in [0.15, 0.2) is 30.3 Å². The van der Waals surface area contributed by atoms with Gasteiger partial charge in [0.15, 0.2) is 5.78 Å². The van der Waals surface area contributed by atoms with Crippen LogP contribution in [0, 0.1) is 0 Å². The zero-order chi connectivity index (χ0) is 9.68. The first-order chi connectivity index (χ1) is 6.22. The number of carbonyl (C=O) groups excluding carboxylic acids is 1. The Labute approximate surface area is 90.5 Å². The molecule has 0 atom stereocenters. The number of ketones is 1. The molecule has 0 unspecified atom stereocenters. The number of allylic oxidation sites excluding steroid dienone is 1. The number of rotatable bonds is 3. The van der Waals surface area contributed by atoms with Gasteiger partial charge in [0.2, 0.25) is 0 Å². The molecule has 1 rings (SSSR count). The summed E-state index contributed by atoms with van der Waals surface area (Å²) in [5.41, 5.74) is 0.932. The van der Waals surface area contributed by atoms with Crippen LogP contribution >= 0.6 is 27.5 Å². The van der Waals surface area contributed by atoms with Crippen molar-refractivity contribution in [2.24, 2.45) is 0 Å². The third kappa shape index (κ3) is 3.75. The summed E-state index contributed by atoms with van der Waals surface area (Å²) in [5.74, 6) is 0.0416. The second-order valence-corrected chi connectivity index (χ2v) is 3.49. The Bertz CT molecular complexity index is 333. The van der Waals surface area contributed by atoms with E-state index in [9.17, 15) is 4.79 Å². The van der Waals surface area contributed by atoms with Crippen molar-refractivity contribution >= 4 is 39.4 Å². The number of alkyl halides is 1. The van der Waals surface area contributed by atoms with E-state index in [1.165, 1.54) is 6.08 Å². The molecule has 1 nitrogen and oxygen atoms in total. The van der Waals surface area contributed by atoms with Gasteiger partial charge in [-0.25, -0.2) is 0 Å². The topological polar surface area (TPSA) is 17.1 Å². The molecule has 0 spiro atoms. The first kappa shape index (κ1) is 10.5. The predicted octanol–water partition coefficient (Wildman–Crippen LogP) is 3.32. The van der Waals surface area contributed by atoms with Gasteiger partial charge in [-0.3, -0.25) is 4.79 Å². The van der Waals surface area contributed by atoms with Crippen molar-refractivity contribution in [2.45, 2.75) is 0 Å². The highest BCUT2D eigenvalue weighted by Gasteiger charge is 1.92. The fourth-order valence-corrected chi connectivity index (χ4v) is 1.23. The summed E-state index contributed by atoms with van der Waals surface area (Å²) in [4.78, 5) is 10.9. The van der Waals surface area contributed by atoms with E-state index >= 15 is 0 Å². The number of carbonyl (C=O) groups is 1. The average molecular weight is 260 g/mol. The molecule has 0 bridgehead atoms. The molecule has 0 N–H and O–H groups in total. The Morgan fingerprint density at radius 3 is 2.92 bits per heavy atom. The van der Waals surface area contributed by atoms with Crippen molar-refractivity contribution in [3.8, 4) is 0 Å². The van der Waals surface area contributed by atoms with Gasteiger partial charge in [0.1, 0.15) is 0 Å². The smallest absolute Gasteiger partial charge is 0.166 e. The Kier molecular flexibility index (Phi) is 4.19. The summed E-state index contributed by atoms with van der Waals surface area (Å²) in [7, 11) is 0. The molecule has 3 heteroatoms. The molecule has 1 aromatic carbocycles. The van der Waals surface area contributed by atoms with E-state index in [2.05, 4.69) is 15.9 Å². The van der Waals surface area contributed by atoms with Crippen molar-refractivity contribution in [3.05, 3.63) is 40.9 Å². The molecule has 0 saturated carbocycles. The van der Waals surface area contributed by atoms with Gasteiger partial charge in [-0.1, -0.05) is 45.7 Å². The van der Waals surface area contributed by atoms with Crippen LogP contribution < -0.4 is 0 Å². The SMILES string of the molecule is O=C(C=Cc1cccc(Cl)c1)CBr. The Morgan fingerprint density at radius 2 is 2.31 bits per heavy atom. The van der Waals surface area contributed by atoms with Crippen LogP contribution in [0.3, 0.4) is 0 Å². The lowest BCUT2D eigenvalue weighted by Gasteiger charge is -1.92. The normalized spacial score (nSPS) is 10.6. The fraction of sp³-hybridized carbons (Fsp3) is 0.100. The molecular formula is C10H8BrClO. The Hall–Kier alpha value is -0.600. The van der Waals surface area contributed by atoms with Gasteiger partial charge in [-0.2, -0.15) is 0 Å². The maximum atomic E-state index is 10.9. The molecule has 0 radical (unpaired) electrons. The van der Waals surface area contributed by atoms with Crippen molar-refractivity contribution in [2.75, 3.05) is 5.33 Å². The number of benzene rings is 1. The monoisotopic (exact) mass is 258 g/mol. The van der Waals surface area contributed by atoms with Gasteiger partial charge in [-0.05, 0) is 23.8 Å². The van der Waals surface area contributed by atoms with Crippen LogP contribution in [-0.2, 0) is 4.79 Å². The van der Waals surface area contributed by atoms with Gasteiger partial charge in [0.05, 0.1) is 5.33 Å². The van der Waals surface area contributed by atoms with Crippen LogP contribution in [0.25, 0.3) is 6.08 Å². The molecule has 0 saturated heterocycles. The highest BCUT2D eigenvalue weighted by Crippen LogP contribution is 2.11. The zero-order valence-electron chi connectivity index (χ0n) is 6.84. The molecule has 0 fully saturated rings. The van der Waals surface area contributed by atoms with E-state index in [4.69, 9.17) is 11.6 Å². The van der Waals surface area contributed by atoms with E-state index in [0.29, 0.717) is 10.4 Å². The Balaban J connectivity index is 2.74. The van der Waals surface area contributed by atoms with Crippen LogP contribution in [0.4, 0.5) is 0 Å². The molecule has 68 valence electrons. The molecule has 0 heterocycles. The summed E-state index contributed by atoms with van der Waals surface area (Å²) in [6.45, 7) is 0. The lowest BCUT2D eigenvalue weighted by atomic mass is 10.2. The maximum absolute atomic E-state index is 10.9. The van der Waals surface area contributed by atoms with Crippen LogP contribution in [-0.4, -0.2) is 11.1 Å². The minimum Gasteiger partial charge on any atom is -0.294 e. The van der Waals surface area contributed by atoms with E-state index in [1.54, 1.807) is 18.2 Å². The van der Waals surface area contributed by atoms with Crippen LogP contribution in [0.5, 0.6) is 0 Å². The van der Waals surface area contributed by atoms with Gasteiger partial charge >= 0.3 is 0 Å². The van der Waals surface area contributed by atoms with E-state index < -0.39 is 0 Å². The van der Waals surface area contributed by atoms with Crippen LogP contribution in [0.2, 0.25) is 5.02 Å². The number of hydrogen-bond acceptors (Lipinski definition) is 1. The molecule has 0 amide bonds. The predicted molar refractivity (Wildman–Crippen MR) is 59.3 cm³/mol. The van der Waals surface area contributed by atoms with E-state index in [0.717, 1.165) is 5.56 Å². The van der Waals surface area contributed by atoms with Crippen molar-refractivity contribution in [1.82, 2.24) is 0 Å². The molecular weight excluding hydrogens is 251 g/mol. The number of hydrogen-bond donors (Lipinski definition) is 0. The minimum atomic E-state index is 0.0416. The molecule has 0 aliphatic rings. The van der Waals surface area contributed by atoms with Gasteiger partial charge in [0.25, 0.3) is 0 Å². The molecule has 13 heavy (non-hydrogen) atoms. The van der Waals surface area contributed by atoms with Gasteiger partial charge < -0.3 is 0 Å². The second-order valence-electron chi connectivity index (χ2n) is 2.49. The van der Waals surface area contributed by atoms with E-state index in [-0.39, 0.29) is 5.78 Å². The first-order valence-electron chi connectivity index (χ1n) is 3.75. The van der Waals surface area contributed by atoms with Crippen molar-refractivity contribution < 1.29 is 4.79 Å². The largest absolute Gasteiger partial charge is 0.294 e. The molecule has 0 aliphatic heterocycles. The fourth-order valence-electron chi connectivity index (χ4n) is 0.844. The lowest BCUT2D eigenvalue weighted by Crippen LogP contribution is -1.90. The highest BCUT2D eigenvalue weighted by atomic mass is 79.9. The molecule has 0 aromatic heterocycles. The molecule has 0 aliphatic carbocycles. The third-order valence-electron chi connectivity index (χ3n) is 1.44. The second kappa shape index (κ2) is 5.20. The standard InChI is InChI=1S/C10H8BrClO/c11-7-10(13)5-4-8-2-1-3-9(12)6-8/h1-6H,7H2. The van der Waals surface area contributed by atoms with Gasteiger partial charge in [0, 0.05) is 5.02 Å². The van der Waals surface area contributed by atoms with Crippen molar-refractivity contribution in [1.29, 1.82) is 0 Å². The lowest BCUT2D eigenvalue weighted by molar-refractivity contribution is -0.112. The summed E-state index contributed by atoms with van der Waals surface area (Å²) in [6.07, 6.45) is 3.27. The van der Waals surface area contributed by atoms with Crippen molar-refractivity contribution in [3.63, 3.8) is 0 Å². The summed E-state index contributed by atoms with van der Waals surface area (Å²) in [6, 6.07) is 7.34. The summed E-state index contributed by atoms with van der Waals surface area (Å²) in [5, 5.41) is 1.03. The third-order valence-corrected chi connectivity index (χ3v) is 2.23. The van der Waals surface area contributed by atoms with Gasteiger partial charge in [-0.15, -0.1) is 0 Å². The molecule has 1 aromatic rings. The summed E-state index contributed by atoms with van der Waals surface area (Å²) >= 11 is 8.84. The maximum Gasteiger partial charge on any atom is 0.166 e. The number of halogens is 2. The first-order valence-corrected chi connectivity index (χ1v) is 5.25. The van der Waals surface area contributed by atoms with E-state index in [1.807, 2.05) is 12.1 Å². The quantitative estimate of drug-likeness (QED) is 0.601. The van der Waals surface area contributed by atoms with Crippen LogP contribution in [0.1, 0.15) is 5.56 Å². The minimum absolute atomic E-state index is 0.0416. The highest BCUT2D eigenvalue weighted by molar-refractivity contribution is 9.09. The zero-order valence-corrected chi connectivity index (χ0v) is 9.18. The Morgan fingerprint density at radius 1 is 1.54 bits per heavy atom.